The summed E-state index contributed by atoms with van der Waals surface area (Å²) >= 11 is 0. The van der Waals surface area contributed by atoms with E-state index in [1.807, 2.05) is 17.1 Å². The average molecular weight is 271 g/mol. The molecule has 0 bridgehead atoms. The summed E-state index contributed by atoms with van der Waals surface area (Å²) in [7, 11) is 1.79. The number of nitrogens with zero attached hydrogens (tertiary/aromatic N) is 3. The van der Waals surface area contributed by atoms with Gasteiger partial charge in [0.2, 0.25) is 0 Å². The fourth-order valence-corrected chi connectivity index (χ4v) is 2.87. The van der Waals surface area contributed by atoms with Crippen molar-refractivity contribution in [3.05, 3.63) is 48.5 Å². The van der Waals surface area contributed by atoms with Gasteiger partial charge in [0.15, 0.2) is 0 Å². The zero-order chi connectivity index (χ0) is 13.8. The maximum Gasteiger partial charge on any atom is 0.0991 e. The largest absolute Gasteiger partial charge is 0.384 e. The van der Waals surface area contributed by atoms with E-state index in [0.29, 0.717) is 5.92 Å². The Morgan fingerprint density at radius 3 is 2.85 bits per heavy atom. The van der Waals surface area contributed by atoms with E-state index in [0.717, 1.165) is 25.4 Å². The lowest BCUT2D eigenvalue weighted by Gasteiger charge is -2.16. The van der Waals surface area contributed by atoms with E-state index in [-0.39, 0.29) is 0 Å². The van der Waals surface area contributed by atoms with E-state index in [1.165, 1.54) is 18.5 Å². The number of likely N-dealkylation sites (tertiary alicyclic amines) is 1. The molecule has 4 heteroatoms. The Labute approximate surface area is 120 Å². The first kappa shape index (κ1) is 13.3. The molecule has 1 fully saturated rings. The Morgan fingerprint density at radius 1 is 1.30 bits per heavy atom. The molecular formula is C16H21N3O. The fraction of sp³-hybridized carbons (Fsp3) is 0.438. The minimum atomic E-state index is 0.699. The standard InChI is InChI=1S/C16H21N3O/c1-20-12-15-6-8-18(11-15)10-14-2-4-16(5-3-14)19-9-7-17-13-19/h2-5,7,9,13,15H,6,8,10-12H2,1H3/t15-/m0/s1. The minimum absolute atomic E-state index is 0.699. The number of aromatic nitrogens is 2. The second-order valence-corrected chi connectivity index (χ2v) is 5.48. The topological polar surface area (TPSA) is 30.3 Å². The number of rotatable bonds is 5. The van der Waals surface area contributed by atoms with E-state index in [1.54, 1.807) is 13.3 Å². The van der Waals surface area contributed by atoms with Gasteiger partial charge in [0.25, 0.3) is 0 Å². The molecule has 0 aliphatic carbocycles. The van der Waals surface area contributed by atoms with E-state index >= 15 is 0 Å². The highest BCUT2D eigenvalue weighted by Gasteiger charge is 2.21. The fourth-order valence-electron chi connectivity index (χ4n) is 2.87. The second kappa shape index (κ2) is 6.20. The normalized spacial score (nSPS) is 19.6. The van der Waals surface area contributed by atoms with Crippen LogP contribution in [0.15, 0.2) is 43.0 Å². The third kappa shape index (κ3) is 3.08. The van der Waals surface area contributed by atoms with Crippen molar-refractivity contribution in [2.75, 3.05) is 26.8 Å². The molecule has 1 aromatic carbocycles. The van der Waals surface area contributed by atoms with Gasteiger partial charge in [-0.3, -0.25) is 4.90 Å². The van der Waals surface area contributed by atoms with Crippen LogP contribution in [0.4, 0.5) is 0 Å². The molecule has 1 saturated heterocycles. The quantitative estimate of drug-likeness (QED) is 0.836. The molecule has 4 nitrogen and oxygen atoms in total. The van der Waals surface area contributed by atoms with Crippen LogP contribution < -0.4 is 0 Å². The number of hydrogen-bond donors (Lipinski definition) is 0. The van der Waals surface area contributed by atoms with Crippen molar-refractivity contribution in [3.63, 3.8) is 0 Å². The van der Waals surface area contributed by atoms with Crippen LogP contribution in [0.1, 0.15) is 12.0 Å². The Kier molecular flexibility index (Phi) is 4.14. The highest BCUT2D eigenvalue weighted by Crippen LogP contribution is 2.19. The van der Waals surface area contributed by atoms with E-state index in [2.05, 4.69) is 34.1 Å². The molecule has 0 unspecified atom stereocenters. The molecule has 0 N–H and O–H groups in total. The summed E-state index contributed by atoms with van der Waals surface area (Å²) in [6, 6.07) is 8.72. The van der Waals surface area contributed by atoms with Crippen LogP contribution in [0, 0.1) is 5.92 Å². The van der Waals surface area contributed by atoms with Crippen LogP contribution in [0.25, 0.3) is 5.69 Å². The first-order valence-electron chi connectivity index (χ1n) is 7.14. The zero-order valence-electron chi connectivity index (χ0n) is 11.9. The summed E-state index contributed by atoms with van der Waals surface area (Å²) in [5, 5.41) is 0. The summed E-state index contributed by atoms with van der Waals surface area (Å²) in [5.41, 5.74) is 2.52. The molecule has 1 aliphatic rings. The van der Waals surface area contributed by atoms with Gasteiger partial charge in [0.1, 0.15) is 0 Å². The van der Waals surface area contributed by atoms with Crippen LogP contribution in [-0.2, 0) is 11.3 Å². The van der Waals surface area contributed by atoms with Gasteiger partial charge in [-0.05, 0) is 36.6 Å². The Balaban J connectivity index is 1.59. The van der Waals surface area contributed by atoms with Crippen molar-refractivity contribution in [1.29, 1.82) is 0 Å². The highest BCUT2D eigenvalue weighted by atomic mass is 16.5. The molecule has 20 heavy (non-hydrogen) atoms. The third-order valence-corrected chi connectivity index (χ3v) is 3.92. The molecule has 2 aromatic rings. The van der Waals surface area contributed by atoms with Gasteiger partial charge in [-0.15, -0.1) is 0 Å². The van der Waals surface area contributed by atoms with E-state index < -0.39 is 0 Å². The SMILES string of the molecule is COC[C@H]1CCN(Cc2ccc(-n3ccnc3)cc2)C1. The first-order chi connectivity index (χ1) is 9.85. The monoisotopic (exact) mass is 271 g/mol. The lowest BCUT2D eigenvalue weighted by Crippen LogP contribution is -2.21. The van der Waals surface area contributed by atoms with Gasteiger partial charge < -0.3 is 9.30 Å². The summed E-state index contributed by atoms with van der Waals surface area (Å²) in [6.07, 6.45) is 6.84. The lowest BCUT2D eigenvalue weighted by atomic mass is 10.1. The number of methoxy groups -OCH3 is 1. The number of benzene rings is 1. The average Bonchev–Trinajstić information content (AvgIpc) is 3.12. The lowest BCUT2D eigenvalue weighted by molar-refractivity contribution is 0.152. The molecule has 1 aliphatic heterocycles. The van der Waals surface area contributed by atoms with Crippen molar-refractivity contribution >= 4 is 0 Å². The van der Waals surface area contributed by atoms with Crippen molar-refractivity contribution in [1.82, 2.24) is 14.5 Å². The van der Waals surface area contributed by atoms with Gasteiger partial charge in [0, 0.05) is 38.3 Å². The molecule has 0 saturated carbocycles. The van der Waals surface area contributed by atoms with Crippen molar-refractivity contribution in [2.45, 2.75) is 13.0 Å². The third-order valence-electron chi connectivity index (χ3n) is 3.92. The van der Waals surface area contributed by atoms with Gasteiger partial charge in [0.05, 0.1) is 12.9 Å². The molecule has 2 heterocycles. The molecule has 0 amide bonds. The molecule has 3 rings (SSSR count). The molecule has 1 aromatic heterocycles. The summed E-state index contributed by atoms with van der Waals surface area (Å²) in [5.74, 6) is 0.699. The maximum atomic E-state index is 5.25. The van der Waals surface area contributed by atoms with Crippen LogP contribution >= 0.6 is 0 Å². The van der Waals surface area contributed by atoms with E-state index in [9.17, 15) is 0 Å². The Morgan fingerprint density at radius 2 is 2.15 bits per heavy atom. The Hall–Kier alpha value is -1.65. The molecule has 1 atom stereocenters. The Bertz CT molecular complexity index is 521. The number of imidazole rings is 1. The van der Waals surface area contributed by atoms with E-state index in [4.69, 9.17) is 4.74 Å². The zero-order valence-corrected chi connectivity index (χ0v) is 11.9. The first-order valence-corrected chi connectivity index (χ1v) is 7.14. The summed E-state index contributed by atoms with van der Waals surface area (Å²) in [4.78, 5) is 6.58. The van der Waals surface area contributed by atoms with Gasteiger partial charge in [-0.2, -0.15) is 0 Å². The number of ether oxygens (including phenoxy) is 1. The van der Waals surface area contributed by atoms with Crippen LogP contribution in [0.2, 0.25) is 0 Å². The minimum Gasteiger partial charge on any atom is -0.384 e. The van der Waals surface area contributed by atoms with Gasteiger partial charge >= 0.3 is 0 Å². The predicted molar refractivity (Wildman–Crippen MR) is 78.8 cm³/mol. The number of hydrogen-bond acceptors (Lipinski definition) is 3. The van der Waals surface area contributed by atoms with Gasteiger partial charge in [-0.25, -0.2) is 4.98 Å². The molecule has 106 valence electrons. The predicted octanol–water partition coefficient (Wildman–Crippen LogP) is 2.34. The summed E-state index contributed by atoms with van der Waals surface area (Å²) < 4.78 is 7.27. The maximum absolute atomic E-state index is 5.25. The van der Waals surface area contributed by atoms with Crippen molar-refractivity contribution in [3.8, 4) is 5.69 Å². The second-order valence-electron chi connectivity index (χ2n) is 5.48. The molecule has 0 radical (unpaired) electrons. The van der Waals surface area contributed by atoms with Crippen LogP contribution in [-0.4, -0.2) is 41.3 Å². The smallest absolute Gasteiger partial charge is 0.0991 e. The van der Waals surface area contributed by atoms with Crippen LogP contribution in [0.3, 0.4) is 0 Å². The van der Waals surface area contributed by atoms with Crippen LogP contribution in [0.5, 0.6) is 0 Å². The van der Waals surface area contributed by atoms with Crippen molar-refractivity contribution in [2.24, 2.45) is 5.92 Å². The summed E-state index contributed by atoms with van der Waals surface area (Å²) in [6.45, 7) is 4.24. The van der Waals surface area contributed by atoms with Gasteiger partial charge in [-0.1, -0.05) is 12.1 Å². The highest BCUT2D eigenvalue weighted by molar-refractivity contribution is 5.34. The van der Waals surface area contributed by atoms with Crippen molar-refractivity contribution < 1.29 is 4.74 Å². The molecule has 0 spiro atoms. The molecular weight excluding hydrogens is 250 g/mol.